The van der Waals surface area contributed by atoms with Gasteiger partial charge in [-0.15, -0.1) is 0 Å². The Morgan fingerprint density at radius 3 is 2.67 bits per heavy atom. The van der Waals surface area contributed by atoms with Crippen molar-refractivity contribution < 1.29 is 4.79 Å². The van der Waals surface area contributed by atoms with Gasteiger partial charge in [-0.3, -0.25) is 9.78 Å². The number of nitrogens with two attached hydrogens (primary N) is 1. The van der Waals surface area contributed by atoms with E-state index in [9.17, 15) is 4.79 Å². The number of hydrogen-bond donors (Lipinski definition) is 2. The van der Waals surface area contributed by atoms with Crippen molar-refractivity contribution in [2.45, 2.75) is 6.04 Å². The summed E-state index contributed by atoms with van der Waals surface area (Å²) in [6, 6.07) is 13.4. The summed E-state index contributed by atoms with van der Waals surface area (Å²) in [4.78, 5) is 17.5. The number of aromatic nitrogens is 1. The highest BCUT2D eigenvalue weighted by molar-refractivity contribution is 5.92. The van der Waals surface area contributed by atoms with Crippen LogP contribution in [-0.2, 0) is 0 Å². The van der Waals surface area contributed by atoms with Crippen LogP contribution >= 0.6 is 0 Å². The minimum atomic E-state index is -0.119. The third-order valence-electron chi connectivity index (χ3n) is 3.14. The normalized spacial score (nSPS) is 11.8. The predicted octanol–water partition coefficient (Wildman–Crippen LogP) is 1.90. The van der Waals surface area contributed by atoms with Crippen LogP contribution in [0.15, 0.2) is 48.7 Å². The fraction of sp³-hybridized carbons (Fsp3) is 0.250. The lowest BCUT2D eigenvalue weighted by atomic mass is 10.1. The van der Waals surface area contributed by atoms with Gasteiger partial charge in [0.1, 0.15) is 5.69 Å². The maximum Gasteiger partial charge on any atom is 0.272 e. The van der Waals surface area contributed by atoms with Gasteiger partial charge in [-0.05, 0) is 17.7 Å². The van der Waals surface area contributed by atoms with Crippen molar-refractivity contribution in [2.75, 3.05) is 26.0 Å². The number of amides is 1. The Bertz CT molecular complexity index is 598. The standard InChI is InChI=1S/C16H20N4O/c1-20(2)16(21)15-10-13(8-9-18-15)19-11-14(17)12-6-4-3-5-7-12/h3-10,14H,11,17H2,1-2H3,(H,18,19). The van der Waals surface area contributed by atoms with Gasteiger partial charge in [0.2, 0.25) is 0 Å². The zero-order valence-corrected chi connectivity index (χ0v) is 12.3. The molecule has 1 aromatic heterocycles. The highest BCUT2D eigenvalue weighted by Gasteiger charge is 2.10. The number of pyridine rings is 1. The van der Waals surface area contributed by atoms with E-state index >= 15 is 0 Å². The average Bonchev–Trinajstić information content (AvgIpc) is 2.53. The molecule has 0 saturated carbocycles. The molecule has 1 aromatic carbocycles. The Morgan fingerprint density at radius 2 is 2.00 bits per heavy atom. The van der Waals surface area contributed by atoms with E-state index in [0.29, 0.717) is 12.2 Å². The maximum absolute atomic E-state index is 11.9. The van der Waals surface area contributed by atoms with E-state index < -0.39 is 0 Å². The van der Waals surface area contributed by atoms with E-state index in [2.05, 4.69) is 10.3 Å². The number of hydrogen-bond acceptors (Lipinski definition) is 4. The summed E-state index contributed by atoms with van der Waals surface area (Å²) in [6.07, 6.45) is 1.62. The van der Waals surface area contributed by atoms with Crippen molar-refractivity contribution in [3.63, 3.8) is 0 Å². The first-order chi connectivity index (χ1) is 10.1. The van der Waals surface area contributed by atoms with Crippen molar-refractivity contribution in [1.82, 2.24) is 9.88 Å². The van der Waals surface area contributed by atoms with Gasteiger partial charge in [-0.2, -0.15) is 0 Å². The molecular formula is C16H20N4O. The van der Waals surface area contributed by atoms with Gasteiger partial charge in [0, 0.05) is 38.6 Å². The Hall–Kier alpha value is -2.40. The van der Waals surface area contributed by atoms with Crippen molar-refractivity contribution in [3.05, 3.63) is 59.9 Å². The molecule has 0 fully saturated rings. The smallest absolute Gasteiger partial charge is 0.272 e. The van der Waals surface area contributed by atoms with Gasteiger partial charge in [0.25, 0.3) is 5.91 Å². The van der Waals surface area contributed by atoms with Crippen LogP contribution in [0.4, 0.5) is 5.69 Å². The summed E-state index contributed by atoms with van der Waals surface area (Å²) in [5, 5.41) is 3.24. The molecule has 0 aliphatic carbocycles. The maximum atomic E-state index is 11.9. The van der Waals surface area contributed by atoms with E-state index in [4.69, 9.17) is 5.73 Å². The number of anilines is 1. The number of nitrogens with one attached hydrogen (secondary N) is 1. The molecule has 2 rings (SSSR count). The second kappa shape index (κ2) is 6.85. The summed E-state index contributed by atoms with van der Waals surface area (Å²) in [5.41, 5.74) is 8.46. The van der Waals surface area contributed by atoms with E-state index in [1.165, 1.54) is 4.90 Å². The van der Waals surface area contributed by atoms with Crippen LogP contribution in [-0.4, -0.2) is 36.4 Å². The lowest BCUT2D eigenvalue weighted by Crippen LogP contribution is -2.23. The minimum Gasteiger partial charge on any atom is -0.383 e. The third-order valence-corrected chi connectivity index (χ3v) is 3.14. The second-order valence-corrected chi connectivity index (χ2v) is 5.03. The quantitative estimate of drug-likeness (QED) is 0.879. The SMILES string of the molecule is CN(C)C(=O)c1cc(NCC(N)c2ccccc2)ccn1. The Labute approximate surface area is 124 Å². The van der Waals surface area contributed by atoms with Crippen LogP contribution in [0.25, 0.3) is 0 Å². The van der Waals surface area contributed by atoms with Crippen molar-refractivity contribution in [3.8, 4) is 0 Å². The zero-order chi connectivity index (χ0) is 15.2. The van der Waals surface area contributed by atoms with Crippen LogP contribution in [0, 0.1) is 0 Å². The number of rotatable bonds is 5. The lowest BCUT2D eigenvalue weighted by Gasteiger charge is -2.15. The zero-order valence-electron chi connectivity index (χ0n) is 12.3. The molecule has 21 heavy (non-hydrogen) atoms. The predicted molar refractivity (Wildman–Crippen MR) is 84.1 cm³/mol. The van der Waals surface area contributed by atoms with Gasteiger partial charge in [-0.25, -0.2) is 0 Å². The molecule has 0 saturated heterocycles. The van der Waals surface area contributed by atoms with Gasteiger partial charge in [0.05, 0.1) is 0 Å². The first-order valence-electron chi connectivity index (χ1n) is 6.80. The molecule has 5 heteroatoms. The van der Waals surface area contributed by atoms with Crippen molar-refractivity contribution in [1.29, 1.82) is 0 Å². The summed E-state index contributed by atoms with van der Waals surface area (Å²) < 4.78 is 0. The molecule has 1 unspecified atom stereocenters. The average molecular weight is 284 g/mol. The van der Waals surface area contributed by atoms with E-state index in [0.717, 1.165) is 11.3 Å². The van der Waals surface area contributed by atoms with Gasteiger partial charge in [0.15, 0.2) is 0 Å². The Kier molecular flexibility index (Phi) is 4.90. The van der Waals surface area contributed by atoms with E-state index in [1.54, 1.807) is 26.4 Å². The molecule has 2 aromatic rings. The Morgan fingerprint density at radius 1 is 1.29 bits per heavy atom. The van der Waals surface area contributed by atoms with Gasteiger partial charge >= 0.3 is 0 Å². The summed E-state index contributed by atoms with van der Waals surface area (Å²) >= 11 is 0. The molecule has 0 spiro atoms. The minimum absolute atomic E-state index is 0.104. The molecule has 3 N–H and O–H groups in total. The largest absolute Gasteiger partial charge is 0.383 e. The summed E-state index contributed by atoms with van der Waals surface area (Å²) in [5.74, 6) is -0.119. The summed E-state index contributed by atoms with van der Waals surface area (Å²) in [7, 11) is 3.41. The third kappa shape index (κ3) is 4.03. The highest BCUT2D eigenvalue weighted by Crippen LogP contribution is 2.13. The second-order valence-electron chi connectivity index (χ2n) is 5.03. The van der Waals surface area contributed by atoms with Crippen molar-refractivity contribution in [2.24, 2.45) is 5.73 Å². The molecule has 110 valence electrons. The fourth-order valence-electron chi connectivity index (χ4n) is 1.93. The molecule has 0 aliphatic heterocycles. The van der Waals surface area contributed by atoms with Crippen LogP contribution in [0.5, 0.6) is 0 Å². The molecule has 1 amide bonds. The molecular weight excluding hydrogens is 264 g/mol. The number of benzene rings is 1. The highest BCUT2D eigenvalue weighted by atomic mass is 16.2. The Balaban J connectivity index is 2.01. The lowest BCUT2D eigenvalue weighted by molar-refractivity contribution is 0.0822. The molecule has 0 aliphatic rings. The van der Waals surface area contributed by atoms with Crippen LogP contribution in [0.3, 0.4) is 0 Å². The molecule has 0 bridgehead atoms. The van der Waals surface area contributed by atoms with Crippen LogP contribution in [0.2, 0.25) is 0 Å². The van der Waals surface area contributed by atoms with Crippen LogP contribution < -0.4 is 11.1 Å². The van der Waals surface area contributed by atoms with Crippen molar-refractivity contribution >= 4 is 11.6 Å². The van der Waals surface area contributed by atoms with Crippen LogP contribution in [0.1, 0.15) is 22.1 Å². The van der Waals surface area contributed by atoms with E-state index in [1.807, 2.05) is 36.4 Å². The molecule has 1 atom stereocenters. The number of carbonyl (C=O) groups excluding carboxylic acids is 1. The van der Waals surface area contributed by atoms with E-state index in [-0.39, 0.29) is 11.9 Å². The monoisotopic (exact) mass is 284 g/mol. The topological polar surface area (TPSA) is 71.2 Å². The van der Waals surface area contributed by atoms with Gasteiger partial charge in [-0.1, -0.05) is 30.3 Å². The number of carbonyl (C=O) groups is 1. The van der Waals surface area contributed by atoms with Gasteiger partial charge < -0.3 is 16.0 Å². The first kappa shape index (κ1) is 15.0. The molecule has 1 heterocycles. The number of nitrogens with zero attached hydrogens (tertiary/aromatic N) is 2. The molecule has 5 nitrogen and oxygen atoms in total. The fourth-order valence-corrected chi connectivity index (χ4v) is 1.93. The molecule has 0 radical (unpaired) electrons. The first-order valence-corrected chi connectivity index (χ1v) is 6.80. The summed E-state index contributed by atoms with van der Waals surface area (Å²) in [6.45, 7) is 0.587.